The molecule has 0 bridgehead atoms. The Balaban J connectivity index is 2.05. The molecule has 1 saturated carbocycles. The summed E-state index contributed by atoms with van der Waals surface area (Å²) in [6, 6.07) is 6.64. The molecule has 0 aliphatic heterocycles. The van der Waals surface area contributed by atoms with Crippen LogP contribution in [0.4, 0.5) is 0 Å². The molecule has 17 heavy (non-hydrogen) atoms. The number of imidazole rings is 1. The number of hydrogen-bond donors (Lipinski definition) is 2. The maximum Gasteiger partial charge on any atom is 0.0955 e. The summed E-state index contributed by atoms with van der Waals surface area (Å²) >= 11 is 0. The maximum atomic E-state index is 6.29. The second kappa shape index (κ2) is 3.55. The molecule has 1 fully saturated rings. The van der Waals surface area contributed by atoms with Gasteiger partial charge < -0.3 is 15.6 Å². The van der Waals surface area contributed by atoms with E-state index in [2.05, 4.69) is 28.5 Å². The Hall–Kier alpha value is -1.39. The molecule has 4 nitrogen and oxygen atoms in total. The highest BCUT2D eigenvalue weighted by Gasteiger charge is 2.45. The maximum absolute atomic E-state index is 6.29. The first-order valence-corrected chi connectivity index (χ1v) is 6.01. The Labute approximate surface area is 101 Å². The van der Waals surface area contributed by atoms with E-state index in [-0.39, 0.29) is 11.6 Å². The van der Waals surface area contributed by atoms with Crippen molar-refractivity contribution in [2.75, 3.05) is 7.05 Å². The van der Waals surface area contributed by atoms with Crippen molar-refractivity contribution in [3.63, 3.8) is 0 Å². The summed E-state index contributed by atoms with van der Waals surface area (Å²) in [4.78, 5) is 4.39. The second-order valence-corrected chi connectivity index (χ2v) is 5.06. The molecule has 1 aromatic heterocycles. The minimum atomic E-state index is -0.0583. The van der Waals surface area contributed by atoms with Crippen LogP contribution in [0, 0.1) is 0 Å². The van der Waals surface area contributed by atoms with Crippen molar-refractivity contribution in [3.8, 4) is 0 Å². The van der Waals surface area contributed by atoms with Crippen molar-refractivity contribution < 1.29 is 0 Å². The smallest absolute Gasteiger partial charge is 0.0955 e. The fraction of sp³-hybridized carbons (Fsp3) is 0.462. The summed E-state index contributed by atoms with van der Waals surface area (Å²) < 4.78 is 2.03. The lowest BCUT2D eigenvalue weighted by Crippen LogP contribution is -2.38. The van der Waals surface area contributed by atoms with Crippen LogP contribution in [0.5, 0.6) is 0 Å². The van der Waals surface area contributed by atoms with Gasteiger partial charge in [0.1, 0.15) is 0 Å². The van der Waals surface area contributed by atoms with Gasteiger partial charge in [-0.05, 0) is 37.6 Å². The number of nitrogens with zero attached hydrogens (tertiary/aromatic N) is 2. The van der Waals surface area contributed by atoms with Crippen molar-refractivity contribution in [2.24, 2.45) is 12.8 Å². The molecule has 3 rings (SSSR count). The Kier molecular flexibility index (Phi) is 2.24. The first kappa shape index (κ1) is 10.7. The third kappa shape index (κ3) is 1.64. The number of nitrogens with one attached hydrogen (secondary N) is 1. The highest BCUT2D eigenvalue weighted by Crippen LogP contribution is 2.43. The molecule has 1 aromatic carbocycles. The summed E-state index contributed by atoms with van der Waals surface area (Å²) in [6.07, 6.45) is 4.04. The largest absolute Gasteiger partial charge is 0.334 e. The number of nitrogens with two attached hydrogens (primary N) is 1. The van der Waals surface area contributed by atoms with Gasteiger partial charge in [0.05, 0.1) is 23.4 Å². The quantitative estimate of drug-likeness (QED) is 0.836. The molecule has 0 radical (unpaired) electrons. The SMILES string of the molecule is CNC(c1ccc2c(c1)ncn2C)C1(N)CC1. The van der Waals surface area contributed by atoms with Crippen LogP contribution in [0.1, 0.15) is 24.4 Å². The number of benzene rings is 1. The number of likely N-dealkylation sites (N-methyl/N-ethyl adjacent to an activating group) is 1. The molecule has 1 aliphatic carbocycles. The van der Waals surface area contributed by atoms with Crippen molar-refractivity contribution in [1.29, 1.82) is 0 Å². The molecule has 0 amide bonds. The number of aryl methyl sites for hydroxylation is 1. The predicted octanol–water partition coefficient (Wildman–Crippen LogP) is 1.33. The van der Waals surface area contributed by atoms with Gasteiger partial charge in [-0.1, -0.05) is 6.07 Å². The summed E-state index contributed by atoms with van der Waals surface area (Å²) in [7, 11) is 3.98. The standard InChI is InChI=1S/C13H18N4/c1-15-12(13(14)5-6-13)9-3-4-11-10(7-9)16-8-17(11)2/h3-4,7-8,12,15H,5-6,14H2,1-2H3. The summed E-state index contributed by atoms with van der Waals surface area (Å²) in [5.41, 5.74) is 9.67. The Morgan fingerprint density at radius 3 is 2.88 bits per heavy atom. The average molecular weight is 230 g/mol. The molecule has 0 spiro atoms. The molecule has 2 aromatic rings. The van der Waals surface area contributed by atoms with Gasteiger partial charge in [0, 0.05) is 12.6 Å². The van der Waals surface area contributed by atoms with Crippen LogP contribution in [-0.2, 0) is 7.05 Å². The van der Waals surface area contributed by atoms with E-state index in [9.17, 15) is 0 Å². The number of hydrogen-bond acceptors (Lipinski definition) is 3. The van der Waals surface area contributed by atoms with Gasteiger partial charge in [-0.3, -0.25) is 0 Å². The molecule has 1 unspecified atom stereocenters. The van der Waals surface area contributed by atoms with Crippen molar-refractivity contribution in [2.45, 2.75) is 24.4 Å². The lowest BCUT2D eigenvalue weighted by molar-refractivity contribution is 0.462. The van der Waals surface area contributed by atoms with E-state index in [1.165, 1.54) is 5.56 Å². The topological polar surface area (TPSA) is 55.9 Å². The van der Waals surface area contributed by atoms with Crippen LogP contribution >= 0.6 is 0 Å². The highest BCUT2D eigenvalue weighted by atomic mass is 15.0. The van der Waals surface area contributed by atoms with Gasteiger partial charge in [-0.25, -0.2) is 4.98 Å². The average Bonchev–Trinajstić information content (AvgIpc) is 2.95. The third-order valence-electron chi connectivity index (χ3n) is 3.77. The summed E-state index contributed by atoms with van der Waals surface area (Å²) in [5, 5.41) is 3.33. The summed E-state index contributed by atoms with van der Waals surface area (Å²) in [6.45, 7) is 0. The minimum absolute atomic E-state index is 0.0583. The van der Waals surface area contributed by atoms with Gasteiger partial charge in [0.15, 0.2) is 0 Å². The van der Waals surface area contributed by atoms with Crippen molar-refractivity contribution in [3.05, 3.63) is 30.1 Å². The normalized spacial score (nSPS) is 19.5. The number of rotatable bonds is 3. The lowest BCUT2D eigenvalue weighted by Gasteiger charge is -2.23. The molecule has 0 saturated heterocycles. The highest BCUT2D eigenvalue weighted by molar-refractivity contribution is 5.76. The van der Waals surface area contributed by atoms with Gasteiger partial charge in [0.2, 0.25) is 0 Å². The number of aromatic nitrogens is 2. The summed E-state index contributed by atoms with van der Waals surface area (Å²) in [5.74, 6) is 0. The zero-order chi connectivity index (χ0) is 12.0. The monoisotopic (exact) mass is 230 g/mol. The zero-order valence-corrected chi connectivity index (χ0v) is 10.3. The van der Waals surface area contributed by atoms with Gasteiger partial charge in [-0.15, -0.1) is 0 Å². The molecular formula is C13H18N4. The van der Waals surface area contributed by atoms with Gasteiger partial charge in [-0.2, -0.15) is 0 Å². The fourth-order valence-corrected chi connectivity index (χ4v) is 2.55. The van der Waals surface area contributed by atoms with Gasteiger partial charge in [0.25, 0.3) is 0 Å². The Morgan fingerprint density at radius 1 is 1.47 bits per heavy atom. The van der Waals surface area contributed by atoms with E-state index in [4.69, 9.17) is 5.73 Å². The Morgan fingerprint density at radius 2 is 2.24 bits per heavy atom. The molecule has 1 atom stereocenters. The molecule has 1 heterocycles. The second-order valence-electron chi connectivity index (χ2n) is 5.06. The van der Waals surface area contributed by atoms with E-state index in [0.29, 0.717) is 0 Å². The van der Waals surface area contributed by atoms with E-state index in [1.54, 1.807) is 0 Å². The minimum Gasteiger partial charge on any atom is -0.334 e. The van der Waals surface area contributed by atoms with E-state index >= 15 is 0 Å². The molecule has 90 valence electrons. The van der Waals surface area contributed by atoms with Crippen LogP contribution in [0.2, 0.25) is 0 Å². The zero-order valence-electron chi connectivity index (χ0n) is 10.3. The van der Waals surface area contributed by atoms with Crippen LogP contribution < -0.4 is 11.1 Å². The van der Waals surface area contributed by atoms with Crippen LogP contribution in [0.3, 0.4) is 0 Å². The van der Waals surface area contributed by atoms with E-state index in [0.717, 1.165) is 23.9 Å². The van der Waals surface area contributed by atoms with E-state index < -0.39 is 0 Å². The molecule has 1 aliphatic rings. The van der Waals surface area contributed by atoms with Crippen LogP contribution in [0.25, 0.3) is 11.0 Å². The van der Waals surface area contributed by atoms with Crippen LogP contribution in [0.15, 0.2) is 24.5 Å². The molecule has 3 N–H and O–H groups in total. The van der Waals surface area contributed by atoms with E-state index in [1.807, 2.05) is 25.0 Å². The van der Waals surface area contributed by atoms with Crippen LogP contribution in [-0.4, -0.2) is 22.1 Å². The third-order valence-corrected chi connectivity index (χ3v) is 3.77. The fourth-order valence-electron chi connectivity index (χ4n) is 2.55. The predicted molar refractivity (Wildman–Crippen MR) is 68.7 cm³/mol. The van der Waals surface area contributed by atoms with Crippen molar-refractivity contribution >= 4 is 11.0 Å². The molecular weight excluding hydrogens is 212 g/mol. The Bertz CT molecular complexity index is 554. The first-order valence-electron chi connectivity index (χ1n) is 6.01. The van der Waals surface area contributed by atoms with Crippen molar-refractivity contribution in [1.82, 2.24) is 14.9 Å². The number of fused-ring (bicyclic) bond motifs is 1. The van der Waals surface area contributed by atoms with Gasteiger partial charge >= 0.3 is 0 Å². The molecule has 4 heteroatoms. The lowest BCUT2D eigenvalue weighted by atomic mass is 9.97. The first-order chi connectivity index (χ1) is 8.14.